The molecule has 0 radical (unpaired) electrons. The molecule has 112 valence electrons. The molecule has 0 atom stereocenters. The van der Waals surface area contributed by atoms with Crippen LogP contribution in [0.15, 0.2) is 66.9 Å². The van der Waals surface area contributed by atoms with Crippen LogP contribution in [-0.2, 0) is 7.05 Å². The summed E-state index contributed by atoms with van der Waals surface area (Å²) >= 11 is 0. The standard InChI is InChI=1S/C19H15N3O/c1-21-17-10-6-5-7-14(17)11-18(21)19-15(13-23)12-22(20-19)16-8-3-2-4-9-16/h2-13H,1H3. The van der Waals surface area contributed by atoms with E-state index in [1.165, 1.54) is 0 Å². The van der Waals surface area contributed by atoms with E-state index in [1.54, 1.807) is 10.9 Å². The van der Waals surface area contributed by atoms with Crippen LogP contribution in [0.5, 0.6) is 0 Å². The van der Waals surface area contributed by atoms with Crippen molar-refractivity contribution in [2.45, 2.75) is 0 Å². The fourth-order valence-corrected chi connectivity index (χ4v) is 2.90. The molecule has 0 fully saturated rings. The molecule has 0 aliphatic heterocycles. The average molecular weight is 301 g/mol. The van der Waals surface area contributed by atoms with Crippen LogP contribution in [0.3, 0.4) is 0 Å². The summed E-state index contributed by atoms with van der Waals surface area (Å²) in [5.41, 5.74) is 4.26. The number of aromatic nitrogens is 3. The monoisotopic (exact) mass is 301 g/mol. The van der Waals surface area contributed by atoms with E-state index in [9.17, 15) is 4.79 Å². The quantitative estimate of drug-likeness (QED) is 0.539. The third-order valence-electron chi connectivity index (χ3n) is 4.08. The van der Waals surface area contributed by atoms with Gasteiger partial charge in [0.1, 0.15) is 5.69 Å². The van der Waals surface area contributed by atoms with Crippen LogP contribution in [0.2, 0.25) is 0 Å². The van der Waals surface area contributed by atoms with Crippen LogP contribution in [0.4, 0.5) is 0 Å². The van der Waals surface area contributed by atoms with Crippen molar-refractivity contribution in [1.82, 2.24) is 14.3 Å². The van der Waals surface area contributed by atoms with Gasteiger partial charge < -0.3 is 4.57 Å². The molecule has 0 saturated carbocycles. The third kappa shape index (κ3) is 2.16. The smallest absolute Gasteiger partial charge is 0.153 e. The molecule has 4 nitrogen and oxygen atoms in total. The SMILES string of the molecule is Cn1c(-c2nn(-c3ccccc3)cc2C=O)cc2ccccc21. The molecule has 2 aromatic carbocycles. The lowest BCUT2D eigenvalue weighted by Crippen LogP contribution is -1.96. The summed E-state index contributed by atoms with van der Waals surface area (Å²) in [6, 6.07) is 20.0. The van der Waals surface area contributed by atoms with Crippen LogP contribution in [0, 0.1) is 0 Å². The molecular formula is C19H15N3O. The van der Waals surface area contributed by atoms with E-state index >= 15 is 0 Å². The maximum atomic E-state index is 11.5. The number of benzene rings is 2. The van der Waals surface area contributed by atoms with E-state index in [0.29, 0.717) is 11.3 Å². The Morgan fingerprint density at radius 2 is 1.74 bits per heavy atom. The Morgan fingerprint density at radius 3 is 2.48 bits per heavy atom. The first-order valence-electron chi connectivity index (χ1n) is 7.43. The number of rotatable bonds is 3. The van der Waals surface area contributed by atoms with Crippen molar-refractivity contribution >= 4 is 17.2 Å². The zero-order chi connectivity index (χ0) is 15.8. The molecule has 4 rings (SSSR count). The molecular weight excluding hydrogens is 286 g/mol. The van der Waals surface area contributed by atoms with Gasteiger partial charge in [0.25, 0.3) is 0 Å². The average Bonchev–Trinajstić information content (AvgIpc) is 3.17. The summed E-state index contributed by atoms with van der Waals surface area (Å²) in [5.74, 6) is 0. The van der Waals surface area contributed by atoms with Crippen LogP contribution < -0.4 is 0 Å². The highest BCUT2D eigenvalue weighted by molar-refractivity contribution is 5.91. The van der Waals surface area contributed by atoms with Gasteiger partial charge in [0.05, 0.1) is 16.9 Å². The maximum absolute atomic E-state index is 11.5. The van der Waals surface area contributed by atoms with Crippen LogP contribution in [-0.4, -0.2) is 20.6 Å². The van der Waals surface area contributed by atoms with E-state index in [0.717, 1.165) is 28.6 Å². The molecule has 2 aromatic heterocycles. The van der Waals surface area contributed by atoms with Crippen LogP contribution >= 0.6 is 0 Å². The van der Waals surface area contributed by atoms with Crippen molar-refractivity contribution in [3.8, 4) is 17.1 Å². The Morgan fingerprint density at radius 1 is 1.00 bits per heavy atom. The van der Waals surface area contributed by atoms with Crippen molar-refractivity contribution in [2.75, 3.05) is 0 Å². The van der Waals surface area contributed by atoms with E-state index < -0.39 is 0 Å². The van der Waals surface area contributed by atoms with Gasteiger partial charge in [-0.1, -0.05) is 36.4 Å². The summed E-state index contributed by atoms with van der Waals surface area (Å²) in [6.07, 6.45) is 2.63. The highest BCUT2D eigenvalue weighted by Gasteiger charge is 2.16. The van der Waals surface area contributed by atoms with Crippen molar-refractivity contribution in [1.29, 1.82) is 0 Å². The zero-order valence-corrected chi connectivity index (χ0v) is 12.7. The molecule has 0 amide bonds. The molecule has 0 saturated heterocycles. The molecule has 0 aliphatic rings. The third-order valence-corrected chi connectivity index (χ3v) is 4.08. The first kappa shape index (κ1) is 13.5. The number of aldehydes is 1. The molecule has 4 aromatic rings. The number of nitrogens with zero attached hydrogens (tertiary/aromatic N) is 3. The van der Waals surface area contributed by atoms with Crippen molar-refractivity contribution in [3.63, 3.8) is 0 Å². The molecule has 0 unspecified atom stereocenters. The lowest BCUT2D eigenvalue weighted by Gasteiger charge is -2.02. The Balaban J connectivity index is 1.92. The normalized spacial score (nSPS) is 11.0. The van der Waals surface area contributed by atoms with E-state index in [2.05, 4.69) is 27.9 Å². The minimum absolute atomic E-state index is 0.583. The van der Waals surface area contributed by atoms with Crippen LogP contribution in [0.1, 0.15) is 10.4 Å². The van der Waals surface area contributed by atoms with Gasteiger partial charge in [-0.05, 0) is 24.3 Å². The van der Waals surface area contributed by atoms with Crippen molar-refractivity contribution in [3.05, 3.63) is 72.4 Å². The summed E-state index contributed by atoms with van der Waals surface area (Å²) in [6.45, 7) is 0. The second-order valence-electron chi connectivity index (χ2n) is 5.48. The van der Waals surface area contributed by atoms with Gasteiger partial charge in [-0.3, -0.25) is 4.79 Å². The molecule has 23 heavy (non-hydrogen) atoms. The number of hydrogen-bond acceptors (Lipinski definition) is 2. The van der Waals surface area contributed by atoms with Gasteiger partial charge in [0, 0.05) is 24.1 Å². The number of para-hydroxylation sites is 2. The second-order valence-corrected chi connectivity index (χ2v) is 5.48. The largest absolute Gasteiger partial charge is 0.342 e. The first-order valence-corrected chi connectivity index (χ1v) is 7.43. The minimum Gasteiger partial charge on any atom is -0.342 e. The predicted octanol–water partition coefficient (Wildman–Crippen LogP) is 3.84. The predicted molar refractivity (Wildman–Crippen MR) is 90.9 cm³/mol. The maximum Gasteiger partial charge on any atom is 0.153 e. The number of carbonyl (C=O) groups is 1. The Kier molecular flexibility index (Phi) is 3.08. The fraction of sp³-hybridized carbons (Fsp3) is 0.0526. The number of fused-ring (bicyclic) bond motifs is 1. The topological polar surface area (TPSA) is 39.8 Å². The Bertz CT molecular complexity index is 996. The highest BCUT2D eigenvalue weighted by Crippen LogP contribution is 2.28. The summed E-state index contributed by atoms with van der Waals surface area (Å²) in [5, 5.41) is 5.78. The molecule has 0 bridgehead atoms. The van der Waals surface area contributed by atoms with Gasteiger partial charge in [-0.2, -0.15) is 5.10 Å². The first-order chi connectivity index (χ1) is 11.3. The lowest BCUT2D eigenvalue weighted by molar-refractivity contribution is 0.112. The number of aryl methyl sites for hydroxylation is 1. The second kappa shape index (κ2) is 5.25. The summed E-state index contributed by atoms with van der Waals surface area (Å²) < 4.78 is 3.82. The van der Waals surface area contributed by atoms with Gasteiger partial charge in [-0.15, -0.1) is 0 Å². The van der Waals surface area contributed by atoms with Gasteiger partial charge in [-0.25, -0.2) is 4.68 Å². The fourth-order valence-electron chi connectivity index (χ4n) is 2.90. The summed E-state index contributed by atoms with van der Waals surface area (Å²) in [4.78, 5) is 11.5. The van der Waals surface area contributed by atoms with Gasteiger partial charge in [0.2, 0.25) is 0 Å². The number of hydrogen-bond donors (Lipinski definition) is 0. The van der Waals surface area contributed by atoms with Crippen molar-refractivity contribution < 1.29 is 4.79 Å². The number of carbonyl (C=O) groups excluding carboxylic acids is 1. The van der Waals surface area contributed by atoms with Gasteiger partial charge in [0.15, 0.2) is 6.29 Å². The van der Waals surface area contributed by atoms with E-state index in [4.69, 9.17) is 0 Å². The highest BCUT2D eigenvalue weighted by atomic mass is 16.1. The molecule has 0 spiro atoms. The van der Waals surface area contributed by atoms with E-state index in [-0.39, 0.29) is 0 Å². The molecule has 2 heterocycles. The molecule has 0 aliphatic carbocycles. The summed E-state index contributed by atoms with van der Waals surface area (Å²) in [7, 11) is 1.99. The van der Waals surface area contributed by atoms with Crippen LogP contribution in [0.25, 0.3) is 28.0 Å². The Hall–Kier alpha value is -3.14. The zero-order valence-electron chi connectivity index (χ0n) is 12.7. The lowest BCUT2D eigenvalue weighted by atomic mass is 10.2. The Labute approximate surface area is 133 Å². The molecule has 0 N–H and O–H groups in total. The minimum atomic E-state index is 0.583. The molecule has 4 heteroatoms. The van der Waals surface area contributed by atoms with Crippen molar-refractivity contribution in [2.24, 2.45) is 7.05 Å². The van der Waals surface area contributed by atoms with E-state index in [1.807, 2.05) is 49.5 Å². The van der Waals surface area contributed by atoms with Gasteiger partial charge >= 0.3 is 0 Å².